The van der Waals surface area contributed by atoms with E-state index in [4.69, 9.17) is 28.3 Å². The van der Waals surface area contributed by atoms with Crippen LogP contribution in [0.1, 0.15) is 19.8 Å². The number of ether oxygens (including phenoxy) is 1. The van der Waals surface area contributed by atoms with Crippen molar-refractivity contribution in [2.75, 3.05) is 19.7 Å². The highest BCUT2D eigenvalue weighted by atomic mass is 35.5. The summed E-state index contributed by atoms with van der Waals surface area (Å²) in [6.45, 7) is 4.73. The minimum atomic E-state index is 0.201. The maximum absolute atomic E-state index is 5.94. The molecular formula is C9H16Cl2N2O. The Morgan fingerprint density at radius 3 is 2.64 bits per heavy atom. The summed E-state index contributed by atoms with van der Waals surface area (Å²) in [6.07, 6.45) is 2.32. The number of rotatable bonds is 1. The fourth-order valence-electron chi connectivity index (χ4n) is 2.57. The summed E-state index contributed by atoms with van der Waals surface area (Å²) in [5.41, 5.74) is 0.201. The van der Waals surface area contributed by atoms with Crippen LogP contribution >= 0.6 is 23.6 Å². The van der Waals surface area contributed by atoms with Crippen molar-refractivity contribution in [1.29, 1.82) is 0 Å². The van der Waals surface area contributed by atoms with Gasteiger partial charge >= 0.3 is 0 Å². The van der Waals surface area contributed by atoms with E-state index in [0.29, 0.717) is 0 Å². The third kappa shape index (κ3) is 1.76. The van der Waals surface area contributed by atoms with E-state index in [9.17, 15) is 0 Å². The molecule has 2 unspecified atom stereocenters. The summed E-state index contributed by atoms with van der Waals surface area (Å²) in [5.74, 6) is 0. The molecule has 1 spiro atoms. The summed E-state index contributed by atoms with van der Waals surface area (Å²) in [7, 11) is 0. The highest BCUT2D eigenvalue weighted by Gasteiger charge is 2.49. The van der Waals surface area contributed by atoms with Gasteiger partial charge in [-0.2, -0.15) is 0 Å². The van der Waals surface area contributed by atoms with Crippen LogP contribution < -0.4 is 4.84 Å². The SMILES string of the molecule is CC1OCC2(CCN(Cl)CC2)C1NCl. The van der Waals surface area contributed by atoms with Crippen molar-refractivity contribution in [3.8, 4) is 0 Å². The number of nitrogens with zero attached hydrogens (tertiary/aromatic N) is 1. The molecule has 3 nitrogen and oxygen atoms in total. The summed E-state index contributed by atoms with van der Waals surface area (Å²) >= 11 is 11.7. The van der Waals surface area contributed by atoms with Gasteiger partial charge in [-0.15, -0.1) is 0 Å². The van der Waals surface area contributed by atoms with E-state index < -0.39 is 0 Å². The van der Waals surface area contributed by atoms with Crippen molar-refractivity contribution in [3.05, 3.63) is 0 Å². The second kappa shape index (κ2) is 4.14. The van der Waals surface area contributed by atoms with Gasteiger partial charge in [-0.1, -0.05) is 0 Å². The normalized spacial score (nSPS) is 37.9. The van der Waals surface area contributed by atoms with Crippen molar-refractivity contribution < 1.29 is 4.74 Å². The molecule has 0 bridgehead atoms. The van der Waals surface area contributed by atoms with E-state index in [0.717, 1.165) is 32.5 Å². The Bertz CT molecular complexity index is 207. The third-order valence-electron chi connectivity index (χ3n) is 3.59. The lowest BCUT2D eigenvalue weighted by atomic mass is 9.74. The highest BCUT2D eigenvalue weighted by Crippen LogP contribution is 2.42. The Hall–Kier alpha value is 0.460. The molecule has 0 saturated carbocycles. The minimum absolute atomic E-state index is 0.201. The van der Waals surface area contributed by atoms with Gasteiger partial charge in [0, 0.05) is 18.5 Å². The Balaban J connectivity index is 2.07. The molecule has 0 aromatic rings. The summed E-state index contributed by atoms with van der Waals surface area (Å²) in [5, 5.41) is 0. The number of hydrogen-bond acceptors (Lipinski definition) is 3. The Labute approximate surface area is 94.9 Å². The fraction of sp³-hybridized carbons (Fsp3) is 1.00. The topological polar surface area (TPSA) is 24.5 Å². The quantitative estimate of drug-likeness (QED) is 0.705. The molecule has 1 N–H and O–H groups in total. The molecular weight excluding hydrogens is 223 g/mol. The smallest absolute Gasteiger partial charge is 0.0719 e. The van der Waals surface area contributed by atoms with E-state index in [-0.39, 0.29) is 17.6 Å². The molecule has 2 heterocycles. The zero-order valence-corrected chi connectivity index (χ0v) is 9.81. The molecule has 82 valence electrons. The van der Waals surface area contributed by atoms with Gasteiger partial charge in [-0.3, -0.25) is 0 Å². The number of halogens is 2. The molecule has 2 saturated heterocycles. The summed E-state index contributed by atoms with van der Waals surface area (Å²) in [6, 6.07) is 0.259. The maximum Gasteiger partial charge on any atom is 0.0719 e. The van der Waals surface area contributed by atoms with Crippen LogP contribution in [-0.2, 0) is 4.74 Å². The first-order valence-corrected chi connectivity index (χ1v) is 5.78. The van der Waals surface area contributed by atoms with E-state index in [2.05, 4.69) is 11.8 Å². The molecule has 2 aliphatic rings. The van der Waals surface area contributed by atoms with Crippen LogP contribution in [0.25, 0.3) is 0 Å². The largest absolute Gasteiger partial charge is 0.376 e. The van der Waals surface area contributed by atoms with E-state index in [1.165, 1.54) is 0 Å². The van der Waals surface area contributed by atoms with Gasteiger partial charge in [-0.25, -0.2) is 9.25 Å². The van der Waals surface area contributed by atoms with Crippen molar-refractivity contribution in [2.45, 2.75) is 31.9 Å². The summed E-state index contributed by atoms with van der Waals surface area (Å²) in [4.78, 5) is 2.87. The van der Waals surface area contributed by atoms with Gasteiger partial charge in [0.05, 0.1) is 18.8 Å². The highest BCUT2D eigenvalue weighted by molar-refractivity contribution is 6.13. The van der Waals surface area contributed by atoms with Crippen LogP contribution in [0.5, 0.6) is 0 Å². The lowest BCUT2D eigenvalue weighted by Crippen LogP contribution is -2.48. The molecule has 0 aromatic carbocycles. The average molecular weight is 239 g/mol. The standard InChI is InChI=1S/C9H16Cl2N2O/c1-7-8(12-10)9(6-14-7)2-4-13(11)5-3-9/h7-8,12H,2-6H2,1H3. The molecule has 14 heavy (non-hydrogen) atoms. The first-order valence-electron chi connectivity index (χ1n) is 5.06. The van der Waals surface area contributed by atoms with Gasteiger partial charge < -0.3 is 4.74 Å². The van der Waals surface area contributed by atoms with Crippen LogP contribution in [0.4, 0.5) is 0 Å². The molecule has 2 rings (SSSR count). The Kier molecular flexibility index (Phi) is 3.24. The first kappa shape index (κ1) is 11.0. The number of hydrogen-bond donors (Lipinski definition) is 1. The lowest BCUT2D eigenvalue weighted by molar-refractivity contribution is 0.0862. The molecule has 0 aliphatic carbocycles. The maximum atomic E-state index is 5.94. The number of nitrogens with one attached hydrogen (secondary N) is 1. The van der Waals surface area contributed by atoms with Crippen LogP contribution in [0, 0.1) is 5.41 Å². The van der Waals surface area contributed by atoms with Crippen LogP contribution in [-0.4, -0.2) is 36.3 Å². The molecule has 0 radical (unpaired) electrons. The average Bonchev–Trinajstić information content (AvgIpc) is 2.49. The molecule has 5 heteroatoms. The second-order valence-corrected chi connectivity index (χ2v) is 5.07. The molecule has 0 aromatic heterocycles. The van der Waals surface area contributed by atoms with Crippen LogP contribution in [0.3, 0.4) is 0 Å². The van der Waals surface area contributed by atoms with E-state index >= 15 is 0 Å². The second-order valence-electron chi connectivity index (χ2n) is 4.38. The van der Waals surface area contributed by atoms with E-state index in [1.807, 2.05) is 4.42 Å². The fourth-order valence-corrected chi connectivity index (χ4v) is 3.14. The van der Waals surface area contributed by atoms with Crippen molar-refractivity contribution >= 4 is 23.6 Å². The van der Waals surface area contributed by atoms with Gasteiger partial charge in [0.2, 0.25) is 0 Å². The van der Waals surface area contributed by atoms with E-state index in [1.54, 1.807) is 0 Å². The zero-order chi connectivity index (χ0) is 10.2. The first-order chi connectivity index (χ1) is 6.68. The van der Waals surface area contributed by atoms with Crippen LogP contribution in [0.15, 0.2) is 0 Å². The predicted molar refractivity (Wildman–Crippen MR) is 57.3 cm³/mol. The molecule has 2 aliphatic heterocycles. The van der Waals surface area contributed by atoms with Crippen LogP contribution in [0.2, 0.25) is 0 Å². The van der Waals surface area contributed by atoms with Gasteiger partial charge in [0.25, 0.3) is 0 Å². The molecule has 2 atom stereocenters. The molecule has 2 fully saturated rings. The third-order valence-corrected chi connectivity index (χ3v) is 4.16. The van der Waals surface area contributed by atoms with Crippen molar-refractivity contribution in [1.82, 2.24) is 9.25 Å². The molecule has 0 amide bonds. The van der Waals surface area contributed by atoms with Gasteiger partial charge in [0.1, 0.15) is 0 Å². The predicted octanol–water partition coefficient (Wildman–Crippen LogP) is 1.75. The Morgan fingerprint density at radius 1 is 1.43 bits per heavy atom. The van der Waals surface area contributed by atoms with Crippen molar-refractivity contribution in [3.63, 3.8) is 0 Å². The number of piperidine rings is 1. The zero-order valence-electron chi connectivity index (χ0n) is 8.30. The lowest BCUT2D eigenvalue weighted by Gasteiger charge is -2.39. The summed E-state index contributed by atoms with van der Waals surface area (Å²) < 4.78 is 7.52. The Morgan fingerprint density at radius 2 is 2.07 bits per heavy atom. The van der Waals surface area contributed by atoms with Gasteiger partial charge in [0.15, 0.2) is 0 Å². The monoisotopic (exact) mass is 238 g/mol. The van der Waals surface area contributed by atoms with Gasteiger partial charge in [-0.05, 0) is 43.3 Å². The van der Waals surface area contributed by atoms with Crippen molar-refractivity contribution in [2.24, 2.45) is 5.41 Å². The minimum Gasteiger partial charge on any atom is -0.376 e.